The van der Waals surface area contributed by atoms with Crippen molar-refractivity contribution in [1.82, 2.24) is 34.9 Å². The number of rotatable bonds is 4. The first-order valence-electron chi connectivity index (χ1n) is 9.57. The number of hydrogen-bond donors (Lipinski definition) is 2. The molecule has 1 unspecified atom stereocenters. The highest BCUT2D eigenvalue weighted by atomic mass is 16.2. The van der Waals surface area contributed by atoms with E-state index in [0.717, 1.165) is 11.5 Å². The van der Waals surface area contributed by atoms with Crippen LogP contribution in [0.15, 0.2) is 36.7 Å². The number of nitrogens with zero attached hydrogens (tertiary/aromatic N) is 5. The van der Waals surface area contributed by atoms with Crippen molar-refractivity contribution in [1.29, 1.82) is 0 Å². The summed E-state index contributed by atoms with van der Waals surface area (Å²) in [4.78, 5) is 21.5. The van der Waals surface area contributed by atoms with Gasteiger partial charge in [-0.25, -0.2) is 14.6 Å². The Morgan fingerprint density at radius 3 is 2.96 bits per heavy atom. The first-order valence-corrected chi connectivity index (χ1v) is 9.57. The summed E-state index contributed by atoms with van der Waals surface area (Å²) in [5, 5.41) is 10.9. The van der Waals surface area contributed by atoms with Gasteiger partial charge in [0.2, 0.25) is 5.82 Å². The van der Waals surface area contributed by atoms with Gasteiger partial charge in [0.15, 0.2) is 0 Å². The van der Waals surface area contributed by atoms with Crippen LogP contribution in [0.25, 0.3) is 5.69 Å². The first-order chi connectivity index (χ1) is 13.5. The molecule has 0 spiro atoms. The molecule has 0 bridgehead atoms. The van der Waals surface area contributed by atoms with Gasteiger partial charge in [-0.3, -0.25) is 4.79 Å². The lowest BCUT2D eigenvalue weighted by molar-refractivity contribution is 0.0923. The van der Waals surface area contributed by atoms with Crippen LogP contribution in [-0.4, -0.2) is 42.8 Å². The molecule has 8 heteroatoms. The minimum atomic E-state index is -0.265. The zero-order valence-electron chi connectivity index (χ0n) is 16.4. The lowest BCUT2D eigenvalue weighted by atomic mass is 10.0. The molecule has 1 atom stereocenters. The van der Waals surface area contributed by atoms with E-state index in [1.54, 1.807) is 10.9 Å². The Labute approximate surface area is 164 Å². The molecule has 3 heterocycles. The van der Waals surface area contributed by atoms with E-state index in [9.17, 15) is 4.79 Å². The number of benzene rings is 1. The standard InChI is InChI=1S/C20H25N7O/c1-13(2)16-6-4-5-7-17(16)27-14(3)23-19(25-27)20(28)24-15-10-21-11-18-22-8-9-26(18)12-15/h4-9,13,15,21H,10-12H2,1-3H3,(H,24,28). The third-order valence-electron chi connectivity index (χ3n) is 4.99. The van der Waals surface area contributed by atoms with Crippen LogP contribution >= 0.6 is 0 Å². The Morgan fingerprint density at radius 1 is 1.32 bits per heavy atom. The Balaban J connectivity index is 1.55. The van der Waals surface area contributed by atoms with E-state index in [2.05, 4.69) is 50.2 Å². The number of imidazole rings is 1. The van der Waals surface area contributed by atoms with Gasteiger partial charge in [0.1, 0.15) is 11.6 Å². The monoisotopic (exact) mass is 379 g/mol. The van der Waals surface area contributed by atoms with Gasteiger partial charge in [-0.1, -0.05) is 32.0 Å². The summed E-state index contributed by atoms with van der Waals surface area (Å²) in [6.07, 6.45) is 3.71. The van der Waals surface area contributed by atoms with Crippen molar-refractivity contribution in [2.45, 2.75) is 45.8 Å². The summed E-state index contributed by atoms with van der Waals surface area (Å²) in [7, 11) is 0. The van der Waals surface area contributed by atoms with Crippen molar-refractivity contribution < 1.29 is 4.79 Å². The molecule has 1 aliphatic heterocycles. The smallest absolute Gasteiger partial charge is 0.291 e. The van der Waals surface area contributed by atoms with Crippen LogP contribution in [-0.2, 0) is 13.1 Å². The number of carbonyl (C=O) groups is 1. The third kappa shape index (κ3) is 3.55. The van der Waals surface area contributed by atoms with Gasteiger partial charge in [-0.05, 0) is 24.5 Å². The summed E-state index contributed by atoms with van der Waals surface area (Å²) >= 11 is 0. The van der Waals surface area contributed by atoms with Crippen LogP contribution < -0.4 is 10.6 Å². The molecule has 28 heavy (non-hydrogen) atoms. The normalized spacial score (nSPS) is 16.6. The number of carbonyl (C=O) groups excluding carboxylic acids is 1. The quantitative estimate of drug-likeness (QED) is 0.721. The van der Waals surface area contributed by atoms with Crippen molar-refractivity contribution in [3.8, 4) is 5.69 Å². The van der Waals surface area contributed by atoms with Gasteiger partial charge < -0.3 is 15.2 Å². The fraction of sp³-hybridized carbons (Fsp3) is 0.400. The fourth-order valence-corrected chi connectivity index (χ4v) is 3.56. The van der Waals surface area contributed by atoms with Gasteiger partial charge in [-0.2, -0.15) is 0 Å². The first kappa shape index (κ1) is 18.4. The van der Waals surface area contributed by atoms with Gasteiger partial charge in [0.05, 0.1) is 18.3 Å². The Kier molecular flexibility index (Phi) is 4.95. The number of para-hydroxylation sites is 1. The molecule has 2 N–H and O–H groups in total. The molecule has 0 fully saturated rings. The Bertz CT molecular complexity index is 988. The maximum absolute atomic E-state index is 12.8. The molecule has 1 aliphatic rings. The highest BCUT2D eigenvalue weighted by molar-refractivity contribution is 5.90. The van der Waals surface area contributed by atoms with Gasteiger partial charge in [0, 0.05) is 25.5 Å². The average Bonchev–Trinajstić information content (AvgIpc) is 3.23. The summed E-state index contributed by atoms with van der Waals surface area (Å²) in [6.45, 7) is 8.18. The van der Waals surface area contributed by atoms with E-state index in [1.165, 1.54) is 5.56 Å². The molecule has 1 amide bonds. The number of aryl methyl sites for hydroxylation is 1. The molecule has 146 valence electrons. The topological polar surface area (TPSA) is 89.7 Å². The van der Waals surface area contributed by atoms with Crippen molar-refractivity contribution in [3.05, 3.63) is 59.7 Å². The molecule has 1 aromatic carbocycles. The summed E-state index contributed by atoms with van der Waals surface area (Å²) in [6, 6.07) is 8.03. The van der Waals surface area contributed by atoms with Crippen molar-refractivity contribution in [3.63, 3.8) is 0 Å². The largest absolute Gasteiger partial charge is 0.343 e. The van der Waals surface area contributed by atoms with Crippen LogP contribution in [0.5, 0.6) is 0 Å². The third-order valence-corrected chi connectivity index (χ3v) is 4.99. The van der Waals surface area contributed by atoms with Crippen LogP contribution in [0, 0.1) is 6.92 Å². The molecule has 3 aromatic rings. The SMILES string of the molecule is Cc1nc(C(=O)NC2CNCc3nccn3C2)nn1-c1ccccc1C(C)C. The average molecular weight is 379 g/mol. The highest BCUT2D eigenvalue weighted by Crippen LogP contribution is 2.23. The van der Waals surface area contributed by atoms with Crippen LogP contribution in [0.1, 0.15) is 47.6 Å². The Morgan fingerprint density at radius 2 is 2.14 bits per heavy atom. The summed E-state index contributed by atoms with van der Waals surface area (Å²) in [5.41, 5.74) is 2.13. The van der Waals surface area contributed by atoms with E-state index in [1.807, 2.05) is 31.3 Å². The maximum Gasteiger partial charge on any atom is 0.291 e. The predicted octanol–water partition coefficient (Wildman–Crippen LogP) is 1.80. The molecule has 0 saturated heterocycles. The second kappa shape index (κ2) is 7.55. The number of fused-ring (bicyclic) bond motifs is 1. The number of hydrogen-bond acceptors (Lipinski definition) is 5. The second-order valence-corrected chi connectivity index (χ2v) is 7.41. The lowest BCUT2D eigenvalue weighted by Gasteiger charge is -2.16. The highest BCUT2D eigenvalue weighted by Gasteiger charge is 2.22. The molecule has 2 aromatic heterocycles. The van der Waals surface area contributed by atoms with E-state index >= 15 is 0 Å². The maximum atomic E-state index is 12.8. The minimum Gasteiger partial charge on any atom is -0.343 e. The zero-order valence-corrected chi connectivity index (χ0v) is 16.4. The summed E-state index contributed by atoms with van der Waals surface area (Å²) in [5.74, 6) is 1.93. The molecule has 8 nitrogen and oxygen atoms in total. The van der Waals surface area contributed by atoms with E-state index in [-0.39, 0.29) is 17.8 Å². The van der Waals surface area contributed by atoms with Crippen molar-refractivity contribution in [2.75, 3.05) is 6.54 Å². The molecule has 0 aliphatic carbocycles. The van der Waals surface area contributed by atoms with E-state index in [0.29, 0.717) is 31.4 Å². The van der Waals surface area contributed by atoms with E-state index < -0.39 is 0 Å². The van der Waals surface area contributed by atoms with Crippen molar-refractivity contribution >= 4 is 5.91 Å². The molecule has 0 radical (unpaired) electrons. The molecule has 0 saturated carbocycles. The van der Waals surface area contributed by atoms with Crippen LogP contribution in [0.3, 0.4) is 0 Å². The minimum absolute atomic E-state index is 0.0573. The van der Waals surface area contributed by atoms with Gasteiger partial charge in [-0.15, -0.1) is 5.10 Å². The lowest BCUT2D eigenvalue weighted by Crippen LogP contribution is -2.43. The van der Waals surface area contributed by atoms with E-state index in [4.69, 9.17) is 0 Å². The van der Waals surface area contributed by atoms with Crippen LogP contribution in [0.2, 0.25) is 0 Å². The molecular formula is C20H25N7O. The fourth-order valence-electron chi connectivity index (χ4n) is 3.56. The molecular weight excluding hydrogens is 354 g/mol. The van der Waals surface area contributed by atoms with Gasteiger partial charge >= 0.3 is 0 Å². The second-order valence-electron chi connectivity index (χ2n) is 7.41. The zero-order chi connectivity index (χ0) is 19.7. The van der Waals surface area contributed by atoms with Crippen LogP contribution in [0.4, 0.5) is 0 Å². The van der Waals surface area contributed by atoms with Crippen molar-refractivity contribution in [2.24, 2.45) is 0 Å². The summed E-state index contributed by atoms with van der Waals surface area (Å²) < 4.78 is 3.81. The predicted molar refractivity (Wildman–Crippen MR) is 105 cm³/mol. The Hall–Kier alpha value is -3.00. The number of nitrogens with one attached hydrogen (secondary N) is 2. The number of amides is 1. The number of aromatic nitrogens is 5. The molecule has 4 rings (SSSR count). The van der Waals surface area contributed by atoms with Gasteiger partial charge in [0.25, 0.3) is 5.91 Å².